The molecule has 14 heavy (non-hydrogen) atoms. The summed E-state index contributed by atoms with van der Waals surface area (Å²) < 4.78 is 1.20. The Morgan fingerprint density at radius 3 is 2.57 bits per heavy atom. The molecule has 0 aliphatic rings. The maximum atomic E-state index is 4.25. The van der Waals surface area contributed by atoms with Crippen LogP contribution in [0, 0.1) is 3.57 Å². The van der Waals surface area contributed by atoms with Crippen molar-refractivity contribution in [1.29, 1.82) is 0 Å². The van der Waals surface area contributed by atoms with Gasteiger partial charge in [-0.25, -0.2) is 4.98 Å². The first-order valence-corrected chi connectivity index (χ1v) is 5.03. The molecule has 4 heteroatoms. The molecule has 2 nitrogen and oxygen atoms in total. The molecule has 2 aromatic rings. The summed E-state index contributed by atoms with van der Waals surface area (Å²) in [5.41, 5.74) is 1.14. The number of hydrogen-bond donors (Lipinski definition) is 0. The molecule has 0 spiro atoms. The van der Waals surface area contributed by atoms with Crippen LogP contribution in [0.3, 0.4) is 0 Å². The van der Waals surface area contributed by atoms with Gasteiger partial charge in [-0.3, -0.25) is 0 Å². The van der Waals surface area contributed by atoms with Crippen molar-refractivity contribution in [2.75, 3.05) is 0 Å². The first-order valence-electron chi connectivity index (χ1n) is 3.95. The highest BCUT2D eigenvalue weighted by molar-refractivity contribution is 14.1. The van der Waals surface area contributed by atoms with Crippen molar-refractivity contribution >= 4 is 22.6 Å². The van der Waals surface area contributed by atoms with Crippen molar-refractivity contribution in [2.45, 2.75) is 0 Å². The maximum absolute atomic E-state index is 4.25. The smallest absolute Gasteiger partial charge is 0.329 e. The van der Waals surface area contributed by atoms with E-state index in [1.165, 1.54) is 3.57 Å². The number of rotatable bonds is 1. The highest BCUT2D eigenvalue weighted by Gasteiger charge is 2.09. The molecule has 1 N–H and O–H groups in total. The van der Waals surface area contributed by atoms with Gasteiger partial charge in [0.15, 0.2) is 0 Å². The van der Waals surface area contributed by atoms with E-state index >= 15 is 0 Å². The zero-order chi connectivity index (χ0) is 9.10. The largest absolute Gasteiger partial charge is 1.00 e. The van der Waals surface area contributed by atoms with E-state index in [0.29, 0.717) is 0 Å². The van der Waals surface area contributed by atoms with E-state index in [4.69, 9.17) is 0 Å². The van der Waals surface area contributed by atoms with Crippen LogP contribution in [0.15, 0.2) is 42.7 Å². The van der Waals surface area contributed by atoms with Crippen molar-refractivity contribution in [3.8, 4) is 11.4 Å². The van der Waals surface area contributed by atoms with Gasteiger partial charge in [-0.2, -0.15) is 0 Å². The van der Waals surface area contributed by atoms with Gasteiger partial charge in [0.05, 0.1) is 11.8 Å². The Balaban J connectivity index is 0.000000980. The first-order chi connectivity index (χ1) is 6.38. The van der Waals surface area contributed by atoms with Crippen molar-refractivity contribution in [2.24, 2.45) is 0 Å². The molecule has 2 rings (SSSR count). The second-order valence-electron chi connectivity index (χ2n) is 2.61. The lowest BCUT2D eigenvalue weighted by Crippen LogP contribution is -3.00. The van der Waals surface area contributed by atoms with Gasteiger partial charge in [0.25, 0.3) is 0 Å². The molecule has 1 aromatic heterocycles. The monoisotopic (exact) mass is 410 g/mol. The van der Waals surface area contributed by atoms with Crippen molar-refractivity contribution < 1.29 is 29.0 Å². The summed E-state index contributed by atoms with van der Waals surface area (Å²) >= 11 is 2.30. The summed E-state index contributed by atoms with van der Waals surface area (Å²) in [6.07, 6.45) is 3.67. The van der Waals surface area contributed by atoms with Gasteiger partial charge < -0.3 is 24.0 Å². The average molecular weight is 410 g/mol. The van der Waals surface area contributed by atoms with Gasteiger partial charge in [-0.15, -0.1) is 0 Å². The summed E-state index contributed by atoms with van der Waals surface area (Å²) in [4.78, 5) is 7.36. The minimum Gasteiger partial charge on any atom is -1.00 e. The predicted molar refractivity (Wildman–Crippen MR) is 58.9 cm³/mol. The SMILES string of the molecule is Ic1ccccc1-c1nccc[nH+]1.[I-]. The Kier molecular flexibility index (Phi) is 4.73. The van der Waals surface area contributed by atoms with Gasteiger partial charge in [0.2, 0.25) is 0 Å². The Morgan fingerprint density at radius 2 is 1.93 bits per heavy atom. The molecule has 0 aliphatic heterocycles. The van der Waals surface area contributed by atoms with Crippen LogP contribution in [0.2, 0.25) is 0 Å². The third kappa shape index (κ3) is 2.63. The topological polar surface area (TPSA) is 27.0 Å². The molecule has 0 fully saturated rings. The summed E-state index contributed by atoms with van der Waals surface area (Å²) in [6, 6.07) is 10.0. The molecule has 0 aliphatic carbocycles. The molecule has 0 atom stereocenters. The fourth-order valence-electron chi connectivity index (χ4n) is 1.13. The van der Waals surface area contributed by atoms with E-state index in [1.807, 2.05) is 24.4 Å². The summed E-state index contributed by atoms with van der Waals surface area (Å²) in [5, 5.41) is 0. The standard InChI is InChI=1S/C10H7IN2.HI/c11-9-5-2-1-4-8(9)10-12-6-3-7-13-10;/h1-7H;1H. The van der Waals surface area contributed by atoms with E-state index in [9.17, 15) is 0 Å². The van der Waals surface area contributed by atoms with Gasteiger partial charge >= 0.3 is 5.82 Å². The second-order valence-corrected chi connectivity index (χ2v) is 3.77. The molecule has 0 saturated carbocycles. The van der Waals surface area contributed by atoms with Gasteiger partial charge in [-0.05, 0) is 39.7 Å². The normalized spacial score (nSPS) is 9.21. The number of halogens is 2. The summed E-state index contributed by atoms with van der Waals surface area (Å²) in [7, 11) is 0. The Morgan fingerprint density at radius 1 is 1.14 bits per heavy atom. The summed E-state index contributed by atoms with van der Waals surface area (Å²) in [6.45, 7) is 0. The Labute approximate surface area is 113 Å². The molecule has 0 amide bonds. The van der Waals surface area contributed by atoms with E-state index < -0.39 is 0 Å². The quantitative estimate of drug-likeness (QED) is 0.565. The minimum absolute atomic E-state index is 0. The number of nitrogens with zero attached hydrogens (tertiary/aromatic N) is 1. The Hall–Kier alpha value is -0.240. The fraction of sp³-hybridized carbons (Fsp3) is 0. The number of aromatic amines is 1. The third-order valence-corrected chi connectivity index (χ3v) is 2.68. The maximum Gasteiger partial charge on any atom is 0.329 e. The van der Waals surface area contributed by atoms with Crippen LogP contribution in [-0.4, -0.2) is 4.98 Å². The lowest BCUT2D eigenvalue weighted by molar-refractivity contribution is -0.368. The average Bonchev–Trinajstić information content (AvgIpc) is 2.20. The summed E-state index contributed by atoms with van der Waals surface area (Å²) in [5.74, 6) is 0.910. The number of aromatic nitrogens is 2. The van der Waals surface area contributed by atoms with Crippen molar-refractivity contribution in [3.63, 3.8) is 0 Å². The molecular formula is C10H8I2N2. The third-order valence-electron chi connectivity index (χ3n) is 1.73. The molecule has 0 saturated heterocycles. The zero-order valence-electron chi connectivity index (χ0n) is 7.24. The van der Waals surface area contributed by atoms with Crippen LogP contribution in [0.5, 0.6) is 0 Å². The fourth-order valence-corrected chi connectivity index (χ4v) is 1.77. The van der Waals surface area contributed by atoms with E-state index in [-0.39, 0.29) is 24.0 Å². The van der Waals surface area contributed by atoms with Crippen molar-refractivity contribution in [1.82, 2.24) is 4.98 Å². The van der Waals surface area contributed by atoms with Gasteiger partial charge in [-0.1, -0.05) is 12.1 Å². The van der Waals surface area contributed by atoms with Crippen LogP contribution in [0.1, 0.15) is 0 Å². The van der Waals surface area contributed by atoms with Gasteiger partial charge in [0, 0.05) is 9.64 Å². The molecule has 0 bridgehead atoms. The molecule has 72 valence electrons. The van der Waals surface area contributed by atoms with Crippen molar-refractivity contribution in [3.05, 3.63) is 46.3 Å². The Bertz CT molecular complexity index is 404. The van der Waals surface area contributed by atoms with E-state index in [2.05, 4.69) is 44.7 Å². The highest BCUT2D eigenvalue weighted by Crippen LogP contribution is 2.18. The first kappa shape index (κ1) is 11.8. The second kappa shape index (κ2) is 5.59. The van der Waals surface area contributed by atoms with Crippen LogP contribution >= 0.6 is 22.6 Å². The molecule has 1 heterocycles. The van der Waals surface area contributed by atoms with Crippen LogP contribution in [0.4, 0.5) is 0 Å². The number of H-pyrrole nitrogens is 1. The van der Waals surface area contributed by atoms with E-state index in [1.54, 1.807) is 6.20 Å². The van der Waals surface area contributed by atoms with Crippen LogP contribution in [0.25, 0.3) is 11.4 Å². The van der Waals surface area contributed by atoms with Crippen LogP contribution in [-0.2, 0) is 0 Å². The number of hydrogen-bond acceptors (Lipinski definition) is 1. The molecule has 1 aromatic carbocycles. The molecular weight excluding hydrogens is 402 g/mol. The minimum atomic E-state index is 0. The van der Waals surface area contributed by atoms with E-state index in [0.717, 1.165) is 11.4 Å². The predicted octanol–water partition coefficient (Wildman–Crippen LogP) is -0.829. The lowest BCUT2D eigenvalue weighted by atomic mass is 10.2. The highest BCUT2D eigenvalue weighted by atomic mass is 127. The molecule has 0 radical (unpaired) electrons. The van der Waals surface area contributed by atoms with Crippen LogP contribution < -0.4 is 29.0 Å². The zero-order valence-corrected chi connectivity index (χ0v) is 11.6. The lowest BCUT2D eigenvalue weighted by Gasteiger charge is -1.95. The number of nitrogens with one attached hydrogen (secondary N) is 1. The van der Waals surface area contributed by atoms with Gasteiger partial charge in [0.1, 0.15) is 6.20 Å². The number of benzene rings is 1. The molecule has 0 unspecified atom stereocenters.